The van der Waals surface area contributed by atoms with Crippen LogP contribution in [0.1, 0.15) is 17.0 Å². The Labute approximate surface area is 177 Å². The fourth-order valence-electron chi connectivity index (χ4n) is 2.92. The molecule has 9 heteroatoms. The van der Waals surface area contributed by atoms with Gasteiger partial charge < -0.3 is 10.6 Å². The zero-order valence-corrected chi connectivity index (χ0v) is 18.1. The van der Waals surface area contributed by atoms with Crippen LogP contribution >= 0.6 is 0 Å². The Morgan fingerprint density at radius 3 is 2.37 bits per heavy atom. The number of benzene rings is 1. The van der Waals surface area contributed by atoms with Crippen LogP contribution in [0, 0.1) is 6.92 Å². The minimum Gasteiger partial charge on any atom is -0.356 e. The minimum absolute atomic E-state index is 0.333. The van der Waals surface area contributed by atoms with Gasteiger partial charge in [-0.25, -0.2) is 18.4 Å². The van der Waals surface area contributed by atoms with Crippen molar-refractivity contribution in [3.8, 4) is 5.82 Å². The highest BCUT2D eigenvalue weighted by molar-refractivity contribution is 7.90. The summed E-state index contributed by atoms with van der Waals surface area (Å²) in [5.74, 6) is 2.42. The van der Waals surface area contributed by atoms with Crippen molar-refractivity contribution in [3.63, 3.8) is 0 Å². The van der Waals surface area contributed by atoms with Crippen molar-refractivity contribution in [2.24, 2.45) is 4.99 Å². The summed E-state index contributed by atoms with van der Waals surface area (Å²) < 4.78 is 25.0. The van der Waals surface area contributed by atoms with Crippen LogP contribution in [-0.2, 0) is 22.8 Å². The summed E-state index contributed by atoms with van der Waals surface area (Å²) >= 11 is 0. The normalized spacial score (nSPS) is 12.0. The molecule has 0 bridgehead atoms. The van der Waals surface area contributed by atoms with E-state index in [-0.39, 0.29) is 0 Å². The molecule has 0 unspecified atom stereocenters. The number of nitrogens with zero attached hydrogens (tertiary/aromatic N) is 4. The molecule has 0 radical (unpaired) electrons. The van der Waals surface area contributed by atoms with Crippen LogP contribution in [0.15, 0.2) is 64.9 Å². The molecule has 0 atom stereocenters. The van der Waals surface area contributed by atoms with E-state index in [1.165, 1.54) is 6.26 Å². The van der Waals surface area contributed by atoms with E-state index in [4.69, 9.17) is 0 Å². The Bertz CT molecular complexity index is 1100. The second-order valence-corrected chi connectivity index (χ2v) is 8.90. The van der Waals surface area contributed by atoms with Crippen molar-refractivity contribution in [1.82, 2.24) is 25.2 Å². The SMILES string of the molecule is CN=C(NCCc1ccc(S(C)(=O)=O)cc1)NCc1ccc(-n2ccnc2C)nc1. The summed E-state index contributed by atoms with van der Waals surface area (Å²) in [5.41, 5.74) is 2.09. The predicted octanol–water partition coefficient (Wildman–Crippen LogP) is 1.89. The van der Waals surface area contributed by atoms with Gasteiger partial charge in [-0.1, -0.05) is 18.2 Å². The van der Waals surface area contributed by atoms with E-state index in [2.05, 4.69) is 25.6 Å². The van der Waals surface area contributed by atoms with Crippen LogP contribution in [0.25, 0.3) is 5.82 Å². The van der Waals surface area contributed by atoms with Crippen LogP contribution in [-0.4, -0.2) is 48.8 Å². The number of hydrogen-bond acceptors (Lipinski definition) is 5. The molecule has 2 N–H and O–H groups in total. The smallest absolute Gasteiger partial charge is 0.191 e. The molecule has 0 aliphatic heterocycles. The topological polar surface area (TPSA) is 101 Å². The van der Waals surface area contributed by atoms with E-state index in [9.17, 15) is 8.42 Å². The Morgan fingerprint density at radius 1 is 1.07 bits per heavy atom. The zero-order valence-electron chi connectivity index (χ0n) is 17.3. The number of aliphatic imine (C=N–C) groups is 1. The first-order chi connectivity index (χ1) is 14.4. The molecule has 1 aromatic carbocycles. The summed E-state index contributed by atoms with van der Waals surface area (Å²) in [5, 5.41) is 6.53. The van der Waals surface area contributed by atoms with Crippen molar-refractivity contribution in [2.75, 3.05) is 19.8 Å². The zero-order chi connectivity index (χ0) is 21.6. The van der Waals surface area contributed by atoms with E-state index in [0.717, 1.165) is 29.2 Å². The summed E-state index contributed by atoms with van der Waals surface area (Å²) in [4.78, 5) is 13.3. The van der Waals surface area contributed by atoms with E-state index in [1.807, 2.05) is 48.1 Å². The third kappa shape index (κ3) is 5.66. The molecular formula is C21H26N6O2S. The highest BCUT2D eigenvalue weighted by atomic mass is 32.2. The Morgan fingerprint density at radius 2 is 1.80 bits per heavy atom. The number of nitrogens with one attached hydrogen (secondary N) is 2. The van der Waals surface area contributed by atoms with Crippen molar-refractivity contribution in [3.05, 3.63) is 71.9 Å². The third-order valence-electron chi connectivity index (χ3n) is 4.62. The minimum atomic E-state index is -3.16. The lowest BCUT2D eigenvalue weighted by molar-refractivity contribution is 0.602. The lowest BCUT2D eigenvalue weighted by atomic mass is 10.1. The molecule has 3 aromatic rings. The van der Waals surface area contributed by atoms with Crippen LogP contribution in [0.4, 0.5) is 0 Å². The highest BCUT2D eigenvalue weighted by Crippen LogP contribution is 2.11. The quantitative estimate of drug-likeness (QED) is 0.442. The standard InChI is InChI=1S/C21H26N6O2S/c1-16-23-12-13-27(16)20-9-6-18(14-25-20)15-26-21(22-2)24-11-10-17-4-7-19(8-5-17)30(3,28)29/h4-9,12-14H,10-11,15H2,1-3H3,(H2,22,24,26). The Balaban J connectivity index is 1.47. The second kappa shape index (κ2) is 9.53. The molecule has 2 heterocycles. The average Bonchev–Trinajstić information content (AvgIpc) is 3.16. The first kappa shape index (κ1) is 21.5. The fraction of sp³-hybridized carbons (Fsp3) is 0.286. The van der Waals surface area contributed by atoms with Gasteiger partial charge in [-0.3, -0.25) is 9.56 Å². The number of guanidine groups is 1. The van der Waals surface area contributed by atoms with Gasteiger partial charge in [0, 0.05) is 45.0 Å². The van der Waals surface area contributed by atoms with Gasteiger partial charge in [-0.2, -0.15) is 0 Å². The van der Waals surface area contributed by atoms with Gasteiger partial charge in [0.25, 0.3) is 0 Å². The van der Waals surface area contributed by atoms with Crippen LogP contribution in [0.3, 0.4) is 0 Å². The van der Waals surface area contributed by atoms with Gasteiger partial charge in [0.1, 0.15) is 11.6 Å². The van der Waals surface area contributed by atoms with E-state index >= 15 is 0 Å². The van der Waals surface area contributed by atoms with E-state index < -0.39 is 9.84 Å². The number of pyridine rings is 1. The number of hydrogen-bond donors (Lipinski definition) is 2. The molecule has 8 nitrogen and oxygen atoms in total. The largest absolute Gasteiger partial charge is 0.356 e. The molecule has 0 fully saturated rings. The Kier molecular flexibility index (Phi) is 6.83. The highest BCUT2D eigenvalue weighted by Gasteiger charge is 2.06. The second-order valence-electron chi connectivity index (χ2n) is 6.89. The molecule has 30 heavy (non-hydrogen) atoms. The summed E-state index contributed by atoms with van der Waals surface area (Å²) in [6.45, 7) is 3.21. The maximum Gasteiger partial charge on any atom is 0.191 e. The van der Waals surface area contributed by atoms with E-state index in [1.54, 1.807) is 25.4 Å². The summed E-state index contributed by atoms with van der Waals surface area (Å²) in [6.07, 6.45) is 7.43. The molecule has 2 aromatic heterocycles. The first-order valence-electron chi connectivity index (χ1n) is 9.55. The van der Waals surface area contributed by atoms with E-state index in [0.29, 0.717) is 23.9 Å². The van der Waals surface area contributed by atoms with Gasteiger partial charge in [-0.15, -0.1) is 0 Å². The van der Waals surface area contributed by atoms with Crippen LogP contribution in [0.2, 0.25) is 0 Å². The monoisotopic (exact) mass is 426 g/mol. The lowest BCUT2D eigenvalue weighted by Gasteiger charge is -2.12. The molecule has 158 valence electrons. The summed E-state index contributed by atoms with van der Waals surface area (Å²) in [6, 6.07) is 10.9. The number of imidazole rings is 1. The molecule has 0 aliphatic carbocycles. The molecule has 0 saturated heterocycles. The van der Waals surface area contributed by atoms with Crippen LogP contribution in [0.5, 0.6) is 0 Å². The van der Waals surface area contributed by atoms with Crippen molar-refractivity contribution in [2.45, 2.75) is 24.8 Å². The molecule has 0 aliphatic rings. The maximum absolute atomic E-state index is 11.5. The Hall–Kier alpha value is -3.20. The van der Waals surface area contributed by atoms with Crippen molar-refractivity contribution >= 4 is 15.8 Å². The number of aromatic nitrogens is 3. The van der Waals surface area contributed by atoms with Crippen molar-refractivity contribution in [1.29, 1.82) is 0 Å². The third-order valence-corrected chi connectivity index (χ3v) is 5.75. The van der Waals surface area contributed by atoms with Gasteiger partial charge in [-0.05, 0) is 42.7 Å². The van der Waals surface area contributed by atoms with Gasteiger partial charge in [0.15, 0.2) is 15.8 Å². The number of rotatable bonds is 7. The first-order valence-corrected chi connectivity index (χ1v) is 11.4. The number of sulfone groups is 1. The average molecular weight is 427 g/mol. The van der Waals surface area contributed by atoms with Crippen molar-refractivity contribution < 1.29 is 8.42 Å². The predicted molar refractivity (Wildman–Crippen MR) is 118 cm³/mol. The van der Waals surface area contributed by atoms with Crippen LogP contribution < -0.4 is 10.6 Å². The molecule has 0 amide bonds. The fourth-order valence-corrected chi connectivity index (χ4v) is 3.55. The lowest BCUT2D eigenvalue weighted by Crippen LogP contribution is -2.37. The molecule has 0 spiro atoms. The number of aryl methyl sites for hydroxylation is 1. The van der Waals surface area contributed by atoms with Gasteiger partial charge >= 0.3 is 0 Å². The van der Waals surface area contributed by atoms with Gasteiger partial charge in [0.2, 0.25) is 0 Å². The van der Waals surface area contributed by atoms with Gasteiger partial charge in [0.05, 0.1) is 4.90 Å². The molecule has 3 rings (SSSR count). The molecule has 0 saturated carbocycles. The molecular weight excluding hydrogens is 400 g/mol. The summed E-state index contributed by atoms with van der Waals surface area (Å²) in [7, 11) is -1.44. The maximum atomic E-state index is 11.5.